The lowest BCUT2D eigenvalue weighted by Crippen LogP contribution is -2.02. The number of imidazole rings is 1. The van der Waals surface area contributed by atoms with Crippen LogP contribution in [0, 0.1) is 5.92 Å². The Morgan fingerprint density at radius 2 is 2.12 bits per heavy atom. The smallest absolute Gasteiger partial charge is 0.109 e. The normalized spacial score (nSPS) is 11.6. The van der Waals surface area contributed by atoms with Crippen molar-refractivity contribution in [3.63, 3.8) is 0 Å². The monoisotopic (exact) mass is 248 g/mol. The molecule has 2 aromatic rings. The largest absolute Gasteiger partial charge is 0.331 e. The molecule has 2 nitrogen and oxygen atoms in total. The molecule has 0 aliphatic carbocycles. The Hall–Kier alpha value is -0.960. The Balaban J connectivity index is 2.42. The van der Waals surface area contributed by atoms with Crippen LogP contribution >= 0.6 is 12.6 Å². The van der Waals surface area contributed by atoms with E-state index in [0.717, 1.165) is 24.1 Å². The van der Waals surface area contributed by atoms with Crippen LogP contribution in [0.3, 0.4) is 0 Å². The number of hydrogen-bond donors (Lipinski definition) is 1. The van der Waals surface area contributed by atoms with Gasteiger partial charge in [-0.15, -0.1) is 0 Å². The van der Waals surface area contributed by atoms with Crippen LogP contribution in [-0.4, -0.2) is 15.3 Å². The van der Waals surface area contributed by atoms with Crippen molar-refractivity contribution in [3.05, 3.63) is 29.6 Å². The predicted octanol–water partition coefficient (Wildman–Crippen LogP) is 3.24. The summed E-state index contributed by atoms with van der Waals surface area (Å²) < 4.78 is 2.21. The van der Waals surface area contributed by atoms with Crippen molar-refractivity contribution < 1.29 is 0 Å². The van der Waals surface area contributed by atoms with Crippen molar-refractivity contribution in [2.45, 2.75) is 26.7 Å². The molecule has 1 heterocycles. The Kier molecular flexibility index (Phi) is 3.77. The molecular weight excluding hydrogens is 228 g/mol. The third kappa shape index (κ3) is 2.65. The molecule has 0 atom stereocenters. The Bertz CT molecular complexity index is 514. The lowest BCUT2D eigenvalue weighted by molar-refractivity contribution is 0.606. The minimum atomic E-state index is 0.641. The maximum atomic E-state index is 4.73. The number of fused-ring (bicyclic) bond motifs is 1. The second-order valence-electron chi connectivity index (χ2n) is 4.98. The highest BCUT2D eigenvalue weighted by Crippen LogP contribution is 2.19. The number of hydrogen-bond acceptors (Lipinski definition) is 2. The quantitative estimate of drug-likeness (QED) is 0.822. The van der Waals surface area contributed by atoms with Crippen LogP contribution < -0.4 is 0 Å². The SMILES string of the molecule is CC(C)Cc1nc2cc(CCS)ccc2n1C. The fourth-order valence-electron chi connectivity index (χ4n) is 2.13. The molecule has 0 aliphatic rings. The van der Waals surface area contributed by atoms with Crippen molar-refractivity contribution in [1.29, 1.82) is 0 Å². The molecule has 0 bridgehead atoms. The zero-order valence-corrected chi connectivity index (χ0v) is 11.7. The Morgan fingerprint density at radius 1 is 1.35 bits per heavy atom. The van der Waals surface area contributed by atoms with Crippen LogP contribution in [0.4, 0.5) is 0 Å². The Labute approximate surface area is 108 Å². The summed E-state index contributed by atoms with van der Waals surface area (Å²) in [6, 6.07) is 6.54. The van der Waals surface area contributed by atoms with Gasteiger partial charge in [0, 0.05) is 13.5 Å². The molecule has 0 spiro atoms. The first-order chi connectivity index (χ1) is 8.11. The van der Waals surface area contributed by atoms with E-state index in [1.807, 2.05) is 0 Å². The molecule has 0 amide bonds. The van der Waals surface area contributed by atoms with Crippen LogP contribution in [-0.2, 0) is 19.9 Å². The van der Waals surface area contributed by atoms with E-state index >= 15 is 0 Å². The van der Waals surface area contributed by atoms with E-state index in [1.165, 1.54) is 16.9 Å². The van der Waals surface area contributed by atoms with Crippen LogP contribution in [0.1, 0.15) is 25.2 Å². The molecule has 0 saturated carbocycles. The van der Waals surface area contributed by atoms with Gasteiger partial charge < -0.3 is 4.57 Å². The highest BCUT2D eigenvalue weighted by atomic mass is 32.1. The number of aromatic nitrogens is 2. The van der Waals surface area contributed by atoms with Gasteiger partial charge in [0.1, 0.15) is 5.82 Å². The van der Waals surface area contributed by atoms with Crippen LogP contribution in [0.5, 0.6) is 0 Å². The van der Waals surface area contributed by atoms with Gasteiger partial charge in [-0.25, -0.2) is 4.98 Å². The summed E-state index contributed by atoms with van der Waals surface area (Å²) in [4.78, 5) is 4.73. The standard InChI is InChI=1S/C14H20N2S/c1-10(2)8-14-15-12-9-11(6-7-17)4-5-13(12)16(14)3/h4-5,9-10,17H,6-8H2,1-3H3. The molecule has 17 heavy (non-hydrogen) atoms. The van der Waals surface area contributed by atoms with Gasteiger partial charge >= 0.3 is 0 Å². The maximum Gasteiger partial charge on any atom is 0.109 e. The van der Waals surface area contributed by atoms with E-state index in [0.29, 0.717) is 5.92 Å². The summed E-state index contributed by atoms with van der Waals surface area (Å²) in [6.45, 7) is 4.46. The Morgan fingerprint density at radius 3 is 2.76 bits per heavy atom. The van der Waals surface area contributed by atoms with Crippen LogP contribution in [0.2, 0.25) is 0 Å². The summed E-state index contributed by atoms with van der Waals surface area (Å²) in [5, 5.41) is 0. The van der Waals surface area contributed by atoms with E-state index in [1.54, 1.807) is 0 Å². The number of benzene rings is 1. The van der Waals surface area contributed by atoms with Crippen molar-refractivity contribution >= 4 is 23.7 Å². The molecule has 3 heteroatoms. The van der Waals surface area contributed by atoms with Gasteiger partial charge in [-0.3, -0.25) is 0 Å². The van der Waals surface area contributed by atoms with Gasteiger partial charge in [0.15, 0.2) is 0 Å². The topological polar surface area (TPSA) is 17.8 Å². The lowest BCUT2D eigenvalue weighted by Gasteiger charge is -2.04. The van der Waals surface area contributed by atoms with Gasteiger partial charge in [-0.2, -0.15) is 12.6 Å². The van der Waals surface area contributed by atoms with Crippen LogP contribution in [0.15, 0.2) is 18.2 Å². The van der Waals surface area contributed by atoms with Crippen molar-refractivity contribution in [2.75, 3.05) is 5.75 Å². The van der Waals surface area contributed by atoms with E-state index < -0.39 is 0 Å². The van der Waals surface area contributed by atoms with Gasteiger partial charge in [0.25, 0.3) is 0 Å². The minimum absolute atomic E-state index is 0.641. The van der Waals surface area contributed by atoms with E-state index in [9.17, 15) is 0 Å². The zero-order valence-electron chi connectivity index (χ0n) is 10.8. The number of rotatable bonds is 4. The summed E-state index contributed by atoms with van der Waals surface area (Å²) in [7, 11) is 2.10. The summed E-state index contributed by atoms with van der Waals surface area (Å²) in [5.74, 6) is 2.71. The molecule has 92 valence electrons. The van der Waals surface area contributed by atoms with E-state index in [2.05, 4.69) is 56.3 Å². The molecule has 0 unspecified atom stereocenters. The molecule has 0 fully saturated rings. The first-order valence-corrected chi connectivity index (χ1v) is 6.80. The number of thiol groups is 1. The molecule has 0 radical (unpaired) electrons. The van der Waals surface area contributed by atoms with Gasteiger partial charge in [0.05, 0.1) is 11.0 Å². The van der Waals surface area contributed by atoms with Gasteiger partial charge in [-0.05, 0) is 35.8 Å². The summed E-state index contributed by atoms with van der Waals surface area (Å²) in [5.41, 5.74) is 3.66. The summed E-state index contributed by atoms with van der Waals surface area (Å²) in [6.07, 6.45) is 2.04. The first kappa shape index (κ1) is 12.5. The number of aryl methyl sites for hydroxylation is 2. The average molecular weight is 248 g/mol. The van der Waals surface area contributed by atoms with Crippen LogP contribution in [0.25, 0.3) is 11.0 Å². The minimum Gasteiger partial charge on any atom is -0.331 e. The molecule has 0 N–H and O–H groups in total. The first-order valence-electron chi connectivity index (χ1n) is 6.17. The van der Waals surface area contributed by atoms with E-state index in [4.69, 9.17) is 4.98 Å². The fraction of sp³-hybridized carbons (Fsp3) is 0.500. The lowest BCUT2D eigenvalue weighted by atomic mass is 10.1. The van der Waals surface area contributed by atoms with Crippen molar-refractivity contribution in [2.24, 2.45) is 13.0 Å². The fourth-order valence-corrected chi connectivity index (χ4v) is 2.39. The third-order valence-corrected chi connectivity index (χ3v) is 3.25. The maximum absolute atomic E-state index is 4.73. The van der Waals surface area contributed by atoms with Crippen molar-refractivity contribution in [1.82, 2.24) is 9.55 Å². The third-order valence-electron chi connectivity index (χ3n) is 3.03. The summed E-state index contributed by atoms with van der Waals surface area (Å²) >= 11 is 4.27. The average Bonchev–Trinajstić information content (AvgIpc) is 2.55. The molecule has 1 aromatic heterocycles. The molecule has 0 saturated heterocycles. The zero-order chi connectivity index (χ0) is 12.4. The molecule has 1 aromatic carbocycles. The predicted molar refractivity (Wildman–Crippen MR) is 76.8 cm³/mol. The van der Waals surface area contributed by atoms with Gasteiger partial charge in [0.2, 0.25) is 0 Å². The molecule has 0 aliphatic heterocycles. The van der Waals surface area contributed by atoms with Gasteiger partial charge in [-0.1, -0.05) is 19.9 Å². The highest BCUT2D eigenvalue weighted by Gasteiger charge is 2.09. The number of nitrogens with zero attached hydrogens (tertiary/aromatic N) is 2. The van der Waals surface area contributed by atoms with Crippen molar-refractivity contribution in [3.8, 4) is 0 Å². The molecular formula is C14H20N2S. The second-order valence-corrected chi connectivity index (χ2v) is 5.43. The second kappa shape index (κ2) is 5.13. The molecule has 2 rings (SSSR count). The van der Waals surface area contributed by atoms with E-state index in [-0.39, 0.29) is 0 Å². The highest BCUT2D eigenvalue weighted by molar-refractivity contribution is 7.80.